The number of rotatable bonds is 4. The molecule has 0 unspecified atom stereocenters. The summed E-state index contributed by atoms with van der Waals surface area (Å²) in [6.45, 7) is 3.89. The van der Waals surface area contributed by atoms with E-state index in [9.17, 15) is 9.18 Å². The van der Waals surface area contributed by atoms with Gasteiger partial charge in [-0.2, -0.15) is 0 Å². The zero-order chi connectivity index (χ0) is 13.8. The van der Waals surface area contributed by atoms with Crippen molar-refractivity contribution < 1.29 is 13.9 Å². The van der Waals surface area contributed by atoms with Crippen molar-refractivity contribution in [2.24, 2.45) is 0 Å². The molecule has 0 atom stereocenters. The summed E-state index contributed by atoms with van der Waals surface area (Å²) in [6.07, 6.45) is 3.04. The number of pyridine rings is 1. The number of carbonyl (C=O) groups is 1. The van der Waals surface area contributed by atoms with Crippen molar-refractivity contribution in [2.75, 3.05) is 6.61 Å². The molecule has 98 valence electrons. The van der Waals surface area contributed by atoms with Gasteiger partial charge in [0, 0.05) is 11.6 Å². The van der Waals surface area contributed by atoms with Crippen molar-refractivity contribution in [2.45, 2.75) is 13.8 Å². The van der Waals surface area contributed by atoms with Crippen LogP contribution in [0.3, 0.4) is 0 Å². The molecule has 6 heteroatoms. The first-order valence-electron chi connectivity index (χ1n) is 5.73. The number of ether oxygens (including phenoxy) is 1. The number of nitrogens with zero attached hydrogens (tertiary/aromatic N) is 3. The van der Waals surface area contributed by atoms with Gasteiger partial charge in [0.25, 0.3) is 0 Å². The Hall–Kier alpha value is -2.37. The fraction of sp³-hybridized carbons (Fsp3) is 0.231. The van der Waals surface area contributed by atoms with Crippen LogP contribution >= 0.6 is 0 Å². The van der Waals surface area contributed by atoms with Crippen LogP contribution in [0, 0.1) is 12.7 Å². The van der Waals surface area contributed by atoms with Gasteiger partial charge in [-0.15, -0.1) is 0 Å². The van der Waals surface area contributed by atoms with Crippen molar-refractivity contribution in [3.63, 3.8) is 0 Å². The molecule has 5 nitrogen and oxygen atoms in total. The third-order valence-electron chi connectivity index (χ3n) is 2.49. The molecular weight excluding hydrogens is 249 g/mol. The van der Waals surface area contributed by atoms with Crippen molar-refractivity contribution in [3.05, 3.63) is 35.7 Å². The van der Waals surface area contributed by atoms with Crippen LogP contribution in [-0.2, 0) is 0 Å². The SMILES string of the molecule is CCOc1cc(-c2cnc(C=O)c(C)n2)c(F)cn1. The number of hydrogen-bond acceptors (Lipinski definition) is 5. The Kier molecular flexibility index (Phi) is 3.79. The molecule has 0 aliphatic rings. The predicted octanol–water partition coefficient (Wildman–Crippen LogP) is 2.20. The molecule has 2 aromatic rings. The highest BCUT2D eigenvalue weighted by Gasteiger charge is 2.11. The van der Waals surface area contributed by atoms with Crippen LogP contribution in [0.5, 0.6) is 5.88 Å². The van der Waals surface area contributed by atoms with Gasteiger partial charge in [0.2, 0.25) is 5.88 Å². The smallest absolute Gasteiger partial charge is 0.214 e. The lowest BCUT2D eigenvalue weighted by atomic mass is 10.2. The molecule has 0 bridgehead atoms. The normalized spacial score (nSPS) is 10.3. The van der Waals surface area contributed by atoms with Crippen molar-refractivity contribution in [1.29, 1.82) is 0 Å². The Balaban J connectivity index is 2.48. The van der Waals surface area contributed by atoms with Gasteiger partial charge in [-0.3, -0.25) is 4.79 Å². The number of carbonyl (C=O) groups excluding carboxylic acids is 1. The molecular formula is C13H12FN3O2. The molecule has 0 N–H and O–H groups in total. The highest BCUT2D eigenvalue weighted by molar-refractivity contribution is 5.74. The van der Waals surface area contributed by atoms with Crippen LogP contribution in [0.25, 0.3) is 11.3 Å². The van der Waals surface area contributed by atoms with E-state index in [1.807, 2.05) is 6.92 Å². The molecule has 19 heavy (non-hydrogen) atoms. The standard InChI is InChI=1S/C13H12FN3O2/c1-3-19-13-4-9(10(14)5-16-13)11-6-15-12(7-18)8(2)17-11/h4-7H,3H2,1-2H3. The Morgan fingerprint density at radius 2 is 2.16 bits per heavy atom. The molecule has 2 aromatic heterocycles. The van der Waals surface area contributed by atoms with E-state index in [4.69, 9.17) is 4.74 Å². The van der Waals surface area contributed by atoms with E-state index in [0.29, 0.717) is 30.2 Å². The number of aromatic nitrogens is 3. The summed E-state index contributed by atoms with van der Waals surface area (Å²) >= 11 is 0. The summed E-state index contributed by atoms with van der Waals surface area (Å²) in [6, 6.07) is 1.46. The minimum Gasteiger partial charge on any atom is -0.478 e. The Bertz CT molecular complexity index is 617. The van der Waals surface area contributed by atoms with Gasteiger partial charge >= 0.3 is 0 Å². The third kappa shape index (κ3) is 2.73. The average Bonchev–Trinajstić information content (AvgIpc) is 2.41. The second-order valence-electron chi connectivity index (χ2n) is 3.78. The fourth-order valence-electron chi connectivity index (χ4n) is 1.58. The highest BCUT2D eigenvalue weighted by atomic mass is 19.1. The molecule has 0 fully saturated rings. The first kappa shape index (κ1) is 13.1. The Morgan fingerprint density at radius 1 is 1.37 bits per heavy atom. The molecule has 0 saturated carbocycles. The number of hydrogen-bond donors (Lipinski definition) is 0. The zero-order valence-electron chi connectivity index (χ0n) is 10.6. The summed E-state index contributed by atoms with van der Waals surface area (Å²) in [5, 5.41) is 0. The average molecular weight is 261 g/mol. The van der Waals surface area contributed by atoms with E-state index in [2.05, 4.69) is 15.0 Å². The van der Waals surface area contributed by atoms with Gasteiger partial charge in [-0.05, 0) is 13.8 Å². The van der Waals surface area contributed by atoms with Gasteiger partial charge in [-0.25, -0.2) is 19.3 Å². The molecule has 0 saturated heterocycles. The van der Waals surface area contributed by atoms with Gasteiger partial charge in [0.05, 0.1) is 30.4 Å². The molecule has 0 spiro atoms. The van der Waals surface area contributed by atoms with Gasteiger partial charge < -0.3 is 4.74 Å². The van der Waals surface area contributed by atoms with Gasteiger partial charge in [0.15, 0.2) is 12.1 Å². The molecule has 0 aliphatic carbocycles. The number of aldehydes is 1. The molecule has 0 aliphatic heterocycles. The van der Waals surface area contributed by atoms with Gasteiger partial charge in [0.1, 0.15) is 5.69 Å². The summed E-state index contributed by atoms with van der Waals surface area (Å²) in [5.74, 6) is -0.200. The molecule has 0 aromatic carbocycles. The maximum atomic E-state index is 13.8. The monoisotopic (exact) mass is 261 g/mol. The Labute approximate surface area is 109 Å². The van der Waals surface area contributed by atoms with Crippen molar-refractivity contribution in [3.8, 4) is 17.1 Å². The topological polar surface area (TPSA) is 65.0 Å². The quantitative estimate of drug-likeness (QED) is 0.789. The lowest BCUT2D eigenvalue weighted by Crippen LogP contribution is -2.00. The third-order valence-corrected chi connectivity index (χ3v) is 2.49. The second kappa shape index (κ2) is 5.51. The Morgan fingerprint density at radius 3 is 2.79 bits per heavy atom. The van der Waals surface area contributed by atoms with E-state index in [1.54, 1.807) is 6.92 Å². The molecule has 0 amide bonds. The summed E-state index contributed by atoms with van der Waals surface area (Å²) < 4.78 is 19.0. The van der Waals surface area contributed by atoms with Crippen LogP contribution in [0.15, 0.2) is 18.5 Å². The first-order valence-corrected chi connectivity index (χ1v) is 5.73. The van der Waals surface area contributed by atoms with E-state index in [-0.39, 0.29) is 11.3 Å². The minimum atomic E-state index is -0.518. The largest absolute Gasteiger partial charge is 0.478 e. The lowest BCUT2D eigenvalue weighted by Gasteiger charge is -2.07. The second-order valence-corrected chi connectivity index (χ2v) is 3.78. The van der Waals surface area contributed by atoms with Crippen LogP contribution in [0.1, 0.15) is 23.1 Å². The van der Waals surface area contributed by atoms with Crippen LogP contribution in [0.4, 0.5) is 4.39 Å². The van der Waals surface area contributed by atoms with E-state index in [0.717, 1.165) is 6.20 Å². The van der Waals surface area contributed by atoms with E-state index in [1.165, 1.54) is 12.3 Å². The fourth-order valence-corrected chi connectivity index (χ4v) is 1.58. The maximum Gasteiger partial charge on any atom is 0.214 e. The zero-order valence-corrected chi connectivity index (χ0v) is 10.6. The molecule has 0 radical (unpaired) electrons. The van der Waals surface area contributed by atoms with Crippen LogP contribution in [-0.4, -0.2) is 27.8 Å². The highest BCUT2D eigenvalue weighted by Crippen LogP contribution is 2.23. The maximum absolute atomic E-state index is 13.8. The van der Waals surface area contributed by atoms with Crippen LogP contribution < -0.4 is 4.74 Å². The summed E-state index contributed by atoms with van der Waals surface area (Å²) in [5.41, 5.74) is 1.26. The predicted molar refractivity (Wildman–Crippen MR) is 66.5 cm³/mol. The first-order chi connectivity index (χ1) is 9.15. The van der Waals surface area contributed by atoms with Crippen LogP contribution in [0.2, 0.25) is 0 Å². The van der Waals surface area contributed by atoms with Gasteiger partial charge in [-0.1, -0.05) is 0 Å². The van der Waals surface area contributed by atoms with E-state index >= 15 is 0 Å². The lowest BCUT2D eigenvalue weighted by molar-refractivity contribution is 0.111. The van der Waals surface area contributed by atoms with E-state index < -0.39 is 5.82 Å². The minimum absolute atomic E-state index is 0.239. The number of aryl methyl sites for hydroxylation is 1. The summed E-state index contributed by atoms with van der Waals surface area (Å²) in [4.78, 5) is 22.6. The molecule has 2 heterocycles. The van der Waals surface area contributed by atoms with Crippen molar-refractivity contribution >= 4 is 6.29 Å². The summed E-state index contributed by atoms with van der Waals surface area (Å²) in [7, 11) is 0. The molecule has 2 rings (SSSR count). The number of halogens is 1. The van der Waals surface area contributed by atoms with Crippen molar-refractivity contribution in [1.82, 2.24) is 15.0 Å².